The maximum atomic E-state index is 9.90. The summed E-state index contributed by atoms with van der Waals surface area (Å²) < 4.78 is 18.0. The third-order valence-electron chi connectivity index (χ3n) is 12.2. The number of para-hydroxylation sites is 2. The first-order chi connectivity index (χ1) is 29.6. The molecular formula is C56H35IN2O. The average molecular weight is 879 g/mol. The zero-order chi connectivity index (χ0) is 40.0. The SMILES string of the molecule is C=I1(c2ccccc2)c2ccccc2-c2cc(-c3cccc(-c4ccc5c(c4)c4ccc(-c6cccc7c6oc6ccccc67)cc4n5-c4cccc(C#N)c4)c3)ccc21. The Morgan fingerprint density at radius 1 is 0.450 bits per heavy atom. The van der Waals surface area contributed by atoms with Gasteiger partial charge in [-0.2, -0.15) is 5.26 Å². The summed E-state index contributed by atoms with van der Waals surface area (Å²) in [7, 11) is 0. The molecule has 0 fully saturated rings. The van der Waals surface area contributed by atoms with Crippen LogP contribution in [0.5, 0.6) is 0 Å². The summed E-state index contributed by atoms with van der Waals surface area (Å²) in [4.78, 5) is 0. The van der Waals surface area contributed by atoms with E-state index in [4.69, 9.17) is 8.93 Å². The quantitative estimate of drug-likeness (QED) is 0.162. The van der Waals surface area contributed by atoms with Crippen LogP contribution in [0, 0.1) is 22.0 Å². The van der Waals surface area contributed by atoms with E-state index in [1.54, 1.807) is 0 Å². The average Bonchev–Trinajstić information content (AvgIpc) is 3.95. The monoisotopic (exact) mass is 878 g/mol. The molecule has 1 unspecified atom stereocenters. The van der Waals surface area contributed by atoms with E-state index in [9.17, 15) is 5.26 Å². The summed E-state index contributed by atoms with van der Waals surface area (Å²) in [6, 6.07) is 74.1. The van der Waals surface area contributed by atoms with Crippen LogP contribution in [0.15, 0.2) is 205 Å². The number of furan rings is 1. The van der Waals surface area contributed by atoms with Gasteiger partial charge >= 0.3 is 214 Å². The molecule has 0 saturated carbocycles. The van der Waals surface area contributed by atoms with Gasteiger partial charge in [0.15, 0.2) is 0 Å². The van der Waals surface area contributed by atoms with Crippen molar-refractivity contribution in [3.05, 3.63) is 216 Å². The fourth-order valence-corrected chi connectivity index (χ4v) is 17.5. The van der Waals surface area contributed by atoms with E-state index in [0.29, 0.717) is 5.56 Å². The van der Waals surface area contributed by atoms with E-state index in [-0.39, 0.29) is 0 Å². The minimum atomic E-state index is -2.95. The van der Waals surface area contributed by atoms with Crippen molar-refractivity contribution in [1.82, 2.24) is 4.57 Å². The first kappa shape index (κ1) is 34.7. The third-order valence-corrected chi connectivity index (χ3v) is 20.9. The van der Waals surface area contributed by atoms with Crippen LogP contribution in [0.25, 0.3) is 93.9 Å². The van der Waals surface area contributed by atoms with Crippen molar-refractivity contribution in [2.75, 3.05) is 0 Å². The van der Waals surface area contributed by atoms with Crippen LogP contribution in [-0.2, 0) is 0 Å². The molecule has 0 N–H and O–H groups in total. The molecule has 3 nitrogen and oxygen atoms in total. The zero-order valence-electron chi connectivity index (χ0n) is 32.4. The summed E-state index contributed by atoms with van der Waals surface area (Å²) in [6.07, 6.45) is 0. The predicted octanol–water partition coefficient (Wildman–Crippen LogP) is 14.9. The molecule has 0 amide bonds. The topological polar surface area (TPSA) is 41.9 Å². The molecule has 0 bridgehead atoms. The summed E-state index contributed by atoms with van der Waals surface area (Å²) in [5.74, 6) is 0. The fraction of sp³-hybridized carbons (Fsp3) is 0. The van der Waals surface area contributed by atoms with Crippen molar-refractivity contribution in [3.8, 4) is 56.3 Å². The van der Waals surface area contributed by atoms with Gasteiger partial charge in [-0.3, -0.25) is 0 Å². The molecule has 0 saturated heterocycles. The number of benzene rings is 9. The normalized spacial score (nSPS) is 15.5. The Hall–Kier alpha value is -7.33. The van der Waals surface area contributed by atoms with Gasteiger partial charge in [0.05, 0.1) is 11.6 Å². The number of hydrogen-bond acceptors (Lipinski definition) is 2. The Labute approximate surface area is 351 Å². The molecule has 9 aromatic carbocycles. The van der Waals surface area contributed by atoms with E-state index in [0.717, 1.165) is 71.7 Å². The van der Waals surface area contributed by atoms with Gasteiger partial charge in [0.2, 0.25) is 0 Å². The second kappa shape index (κ2) is 13.4. The Morgan fingerprint density at radius 3 is 2.02 bits per heavy atom. The fourth-order valence-electron chi connectivity index (χ4n) is 9.34. The van der Waals surface area contributed by atoms with Crippen LogP contribution in [0.2, 0.25) is 0 Å². The van der Waals surface area contributed by atoms with Gasteiger partial charge in [0.25, 0.3) is 0 Å². The molecule has 12 rings (SSSR count). The second-order valence-electron chi connectivity index (χ2n) is 15.5. The predicted molar refractivity (Wildman–Crippen MR) is 258 cm³/mol. The van der Waals surface area contributed by atoms with Gasteiger partial charge in [-0.1, -0.05) is 48.5 Å². The molecule has 0 radical (unpaired) electrons. The molecule has 2 aromatic heterocycles. The van der Waals surface area contributed by atoms with Crippen LogP contribution < -0.4 is 0 Å². The van der Waals surface area contributed by atoms with Crippen LogP contribution >= 0.6 is 18.0 Å². The van der Waals surface area contributed by atoms with Gasteiger partial charge in [-0.15, -0.1) is 0 Å². The maximum absolute atomic E-state index is 9.90. The van der Waals surface area contributed by atoms with E-state index in [1.165, 1.54) is 33.0 Å². The molecule has 1 aliphatic rings. The van der Waals surface area contributed by atoms with Gasteiger partial charge in [-0.05, 0) is 35.9 Å². The van der Waals surface area contributed by atoms with Gasteiger partial charge in [0, 0.05) is 22.0 Å². The second-order valence-corrected chi connectivity index (χ2v) is 23.0. The third kappa shape index (κ3) is 5.16. The summed E-state index contributed by atoms with van der Waals surface area (Å²) in [5, 5.41) is 14.4. The summed E-state index contributed by atoms with van der Waals surface area (Å²) >= 11 is -2.95. The molecular weight excluding hydrogens is 844 g/mol. The summed E-state index contributed by atoms with van der Waals surface area (Å²) in [6.45, 7) is 0. The van der Waals surface area contributed by atoms with Crippen molar-refractivity contribution in [2.24, 2.45) is 0 Å². The number of nitrogens with zero attached hydrogens (tertiary/aromatic N) is 2. The Kier molecular flexibility index (Phi) is 7.72. The first-order valence-electron chi connectivity index (χ1n) is 20.1. The molecule has 11 aromatic rings. The number of halogens is 1. The van der Waals surface area contributed by atoms with Crippen molar-refractivity contribution >= 4 is 66.2 Å². The van der Waals surface area contributed by atoms with Gasteiger partial charge in [-0.25, -0.2) is 0 Å². The molecule has 1 atom stereocenters. The van der Waals surface area contributed by atoms with Crippen LogP contribution in [0.1, 0.15) is 5.56 Å². The number of hydrogen-bond donors (Lipinski definition) is 0. The molecule has 282 valence electrons. The zero-order valence-corrected chi connectivity index (χ0v) is 34.6. The number of rotatable bonds is 5. The Balaban J connectivity index is 0.996. The van der Waals surface area contributed by atoms with Crippen LogP contribution in [-0.4, -0.2) is 9.08 Å². The van der Waals surface area contributed by atoms with E-state index in [1.807, 2.05) is 30.3 Å². The molecule has 3 heterocycles. The van der Waals surface area contributed by atoms with E-state index in [2.05, 4.69) is 180 Å². The molecule has 0 aliphatic carbocycles. The Morgan fingerprint density at radius 2 is 1.13 bits per heavy atom. The van der Waals surface area contributed by atoms with Crippen LogP contribution in [0.4, 0.5) is 0 Å². The van der Waals surface area contributed by atoms with Crippen LogP contribution in [0.3, 0.4) is 0 Å². The van der Waals surface area contributed by atoms with Crippen molar-refractivity contribution in [3.63, 3.8) is 0 Å². The number of aromatic nitrogens is 1. The van der Waals surface area contributed by atoms with E-state index < -0.39 is 18.0 Å². The standard InChI is InChI=1S/C56H35IN2O/c1-57(42-15-3-2-4-16-42)51-22-7-5-18-45(51)49-32-39(25-28-52(49)57)37-13-10-14-38(31-37)40-26-29-53-50(33-40)46-27-24-41(34-54(46)59(53)43-17-9-12-36(30-43)35-58)44-20-11-21-48-47-19-6-8-23-55(47)60-56(44)48/h2-34H,1H2. The Bertz CT molecular complexity index is 3660. The molecule has 0 spiro atoms. The number of nitriles is 1. The molecule has 60 heavy (non-hydrogen) atoms. The first-order valence-corrected chi connectivity index (χ1v) is 24.8. The van der Waals surface area contributed by atoms with Gasteiger partial charge in [0.1, 0.15) is 11.2 Å². The van der Waals surface area contributed by atoms with E-state index >= 15 is 0 Å². The van der Waals surface area contributed by atoms with Crippen molar-refractivity contribution < 1.29 is 4.42 Å². The molecule has 4 heteroatoms. The molecule has 1 aliphatic heterocycles. The number of fused-ring (bicyclic) bond motifs is 9. The summed E-state index contributed by atoms with van der Waals surface area (Å²) in [5.41, 5.74) is 14.9. The minimum absolute atomic E-state index is 0.623. The van der Waals surface area contributed by atoms with Crippen molar-refractivity contribution in [2.45, 2.75) is 0 Å². The van der Waals surface area contributed by atoms with Crippen molar-refractivity contribution in [1.29, 1.82) is 5.26 Å². The van der Waals surface area contributed by atoms with Gasteiger partial charge < -0.3 is 4.42 Å².